The molecule has 0 N–H and O–H groups in total. The van der Waals surface area contributed by atoms with Crippen molar-refractivity contribution in [3.8, 4) is 0 Å². The first-order chi connectivity index (χ1) is 12.8. The van der Waals surface area contributed by atoms with Gasteiger partial charge < -0.3 is 4.90 Å². The SMILES string of the molecule is C=CC(=O)N(CCC1CCN(Cc2ccccc2)CC1)c1ccccc1. The molecule has 0 atom stereocenters. The first kappa shape index (κ1) is 18.4. The molecule has 0 saturated carbocycles. The van der Waals surface area contributed by atoms with E-state index in [2.05, 4.69) is 41.8 Å². The predicted molar refractivity (Wildman–Crippen MR) is 108 cm³/mol. The molecule has 1 aliphatic heterocycles. The molecule has 0 aliphatic carbocycles. The number of piperidine rings is 1. The molecule has 3 nitrogen and oxygen atoms in total. The van der Waals surface area contributed by atoms with E-state index in [0.29, 0.717) is 5.92 Å². The van der Waals surface area contributed by atoms with Gasteiger partial charge in [0.25, 0.3) is 0 Å². The van der Waals surface area contributed by atoms with Gasteiger partial charge in [0.1, 0.15) is 0 Å². The standard InChI is InChI=1S/C23H28N2O/c1-2-23(26)25(22-11-7-4-8-12-22)18-15-20-13-16-24(17-14-20)19-21-9-5-3-6-10-21/h2-12,20H,1,13-19H2. The zero-order chi connectivity index (χ0) is 18.2. The number of hydrogen-bond acceptors (Lipinski definition) is 2. The molecule has 3 heteroatoms. The Labute approximate surface area is 156 Å². The second-order valence-electron chi connectivity index (χ2n) is 7.02. The van der Waals surface area contributed by atoms with Crippen LogP contribution in [0.3, 0.4) is 0 Å². The molecule has 1 amide bonds. The van der Waals surface area contributed by atoms with E-state index in [0.717, 1.165) is 38.3 Å². The number of anilines is 1. The highest BCUT2D eigenvalue weighted by Crippen LogP contribution is 2.24. The number of carbonyl (C=O) groups is 1. The maximum atomic E-state index is 12.2. The van der Waals surface area contributed by atoms with Crippen molar-refractivity contribution in [1.29, 1.82) is 0 Å². The summed E-state index contributed by atoms with van der Waals surface area (Å²) < 4.78 is 0. The number of hydrogen-bond donors (Lipinski definition) is 0. The minimum atomic E-state index is -0.0160. The van der Waals surface area contributed by atoms with Crippen LogP contribution >= 0.6 is 0 Å². The van der Waals surface area contributed by atoms with Crippen molar-refractivity contribution in [2.75, 3.05) is 24.5 Å². The molecule has 1 fully saturated rings. The molecule has 1 aliphatic rings. The molecule has 3 rings (SSSR count). The fraction of sp³-hybridized carbons (Fsp3) is 0.348. The van der Waals surface area contributed by atoms with E-state index in [1.165, 1.54) is 24.5 Å². The van der Waals surface area contributed by atoms with Crippen molar-refractivity contribution in [3.05, 3.63) is 78.9 Å². The number of amides is 1. The van der Waals surface area contributed by atoms with E-state index in [9.17, 15) is 4.79 Å². The van der Waals surface area contributed by atoms with Gasteiger partial charge in [-0.15, -0.1) is 0 Å². The quantitative estimate of drug-likeness (QED) is 0.688. The Morgan fingerprint density at radius 2 is 1.65 bits per heavy atom. The van der Waals surface area contributed by atoms with Crippen LogP contribution in [0.15, 0.2) is 73.3 Å². The average Bonchev–Trinajstić information content (AvgIpc) is 2.71. The van der Waals surface area contributed by atoms with Crippen LogP contribution in [0.1, 0.15) is 24.8 Å². The lowest BCUT2D eigenvalue weighted by Gasteiger charge is -2.33. The Kier molecular flexibility index (Phi) is 6.62. The third-order valence-electron chi connectivity index (χ3n) is 5.23. The Hall–Kier alpha value is -2.39. The van der Waals surface area contributed by atoms with Gasteiger partial charge in [-0.05, 0) is 62.0 Å². The number of nitrogens with zero attached hydrogens (tertiary/aromatic N) is 2. The summed E-state index contributed by atoms with van der Waals surface area (Å²) in [6.07, 6.45) is 4.87. The van der Waals surface area contributed by atoms with Crippen LogP contribution < -0.4 is 4.90 Å². The highest BCUT2D eigenvalue weighted by Gasteiger charge is 2.21. The molecule has 0 radical (unpaired) electrons. The van der Waals surface area contributed by atoms with Gasteiger partial charge in [-0.2, -0.15) is 0 Å². The first-order valence-electron chi connectivity index (χ1n) is 9.51. The Balaban J connectivity index is 1.49. The molecule has 0 unspecified atom stereocenters. The van der Waals surface area contributed by atoms with Crippen molar-refractivity contribution in [2.45, 2.75) is 25.8 Å². The normalized spacial score (nSPS) is 15.5. The predicted octanol–water partition coefficient (Wildman–Crippen LogP) is 4.51. The lowest BCUT2D eigenvalue weighted by Crippen LogP contribution is -2.36. The fourth-order valence-electron chi connectivity index (χ4n) is 3.67. The van der Waals surface area contributed by atoms with Crippen molar-refractivity contribution < 1.29 is 4.79 Å². The average molecular weight is 348 g/mol. The Morgan fingerprint density at radius 3 is 2.27 bits per heavy atom. The Morgan fingerprint density at radius 1 is 1.04 bits per heavy atom. The van der Waals surface area contributed by atoms with Crippen molar-refractivity contribution in [3.63, 3.8) is 0 Å². The molecule has 0 bridgehead atoms. The first-order valence-corrected chi connectivity index (χ1v) is 9.51. The van der Waals surface area contributed by atoms with Crippen LogP contribution in [0.25, 0.3) is 0 Å². The number of likely N-dealkylation sites (tertiary alicyclic amines) is 1. The minimum Gasteiger partial charge on any atom is -0.309 e. The zero-order valence-electron chi connectivity index (χ0n) is 15.4. The summed E-state index contributed by atoms with van der Waals surface area (Å²) in [5, 5.41) is 0. The molecule has 0 spiro atoms. The van der Waals surface area contributed by atoms with E-state index >= 15 is 0 Å². The van der Waals surface area contributed by atoms with Gasteiger partial charge in [-0.1, -0.05) is 55.1 Å². The van der Waals surface area contributed by atoms with Crippen LogP contribution in [-0.4, -0.2) is 30.4 Å². The third-order valence-corrected chi connectivity index (χ3v) is 5.23. The van der Waals surface area contributed by atoms with E-state index < -0.39 is 0 Å². The molecule has 2 aromatic rings. The smallest absolute Gasteiger partial charge is 0.250 e. The summed E-state index contributed by atoms with van der Waals surface area (Å²) >= 11 is 0. The number of benzene rings is 2. The molecule has 136 valence electrons. The van der Waals surface area contributed by atoms with Crippen LogP contribution in [-0.2, 0) is 11.3 Å². The van der Waals surface area contributed by atoms with Gasteiger partial charge in [0, 0.05) is 18.8 Å². The monoisotopic (exact) mass is 348 g/mol. The molecule has 1 heterocycles. The van der Waals surface area contributed by atoms with Gasteiger partial charge >= 0.3 is 0 Å². The van der Waals surface area contributed by atoms with Crippen LogP contribution in [0, 0.1) is 5.92 Å². The van der Waals surface area contributed by atoms with Crippen LogP contribution in [0.2, 0.25) is 0 Å². The second kappa shape index (κ2) is 9.35. The lowest BCUT2D eigenvalue weighted by atomic mass is 9.93. The molecule has 26 heavy (non-hydrogen) atoms. The van der Waals surface area contributed by atoms with E-state index in [1.54, 1.807) is 0 Å². The van der Waals surface area contributed by atoms with Crippen molar-refractivity contribution >= 4 is 11.6 Å². The van der Waals surface area contributed by atoms with Gasteiger partial charge in [0.05, 0.1) is 0 Å². The minimum absolute atomic E-state index is 0.0160. The van der Waals surface area contributed by atoms with Crippen LogP contribution in [0.4, 0.5) is 5.69 Å². The second-order valence-corrected chi connectivity index (χ2v) is 7.02. The van der Waals surface area contributed by atoms with E-state index in [4.69, 9.17) is 0 Å². The highest BCUT2D eigenvalue weighted by atomic mass is 16.2. The van der Waals surface area contributed by atoms with Crippen molar-refractivity contribution in [2.24, 2.45) is 5.92 Å². The maximum Gasteiger partial charge on any atom is 0.250 e. The molecular weight excluding hydrogens is 320 g/mol. The maximum absolute atomic E-state index is 12.2. The summed E-state index contributed by atoms with van der Waals surface area (Å²) in [7, 11) is 0. The summed E-state index contributed by atoms with van der Waals surface area (Å²) in [5.74, 6) is 0.670. The van der Waals surface area contributed by atoms with E-state index in [-0.39, 0.29) is 5.91 Å². The zero-order valence-corrected chi connectivity index (χ0v) is 15.4. The summed E-state index contributed by atoms with van der Waals surface area (Å²) in [4.78, 5) is 16.6. The molecule has 2 aromatic carbocycles. The van der Waals surface area contributed by atoms with E-state index in [1.807, 2.05) is 35.2 Å². The summed E-state index contributed by atoms with van der Waals surface area (Å²) in [6, 6.07) is 20.6. The van der Waals surface area contributed by atoms with Gasteiger partial charge in [0.15, 0.2) is 0 Å². The Bertz CT molecular complexity index is 691. The summed E-state index contributed by atoms with van der Waals surface area (Å²) in [5.41, 5.74) is 2.34. The fourth-order valence-corrected chi connectivity index (χ4v) is 3.67. The summed E-state index contributed by atoms with van der Waals surface area (Å²) in [6.45, 7) is 7.73. The third kappa shape index (κ3) is 5.06. The number of rotatable bonds is 7. The number of carbonyl (C=O) groups excluding carboxylic acids is 1. The molecule has 1 saturated heterocycles. The van der Waals surface area contributed by atoms with Crippen molar-refractivity contribution in [1.82, 2.24) is 4.90 Å². The molecular formula is C23H28N2O. The largest absolute Gasteiger partial charge is 0.309 e. The highest BCUT2D eigenvalue weighted by molar-refractivity contribution is 6.00. The van der Waals surface area contributed by atoms with Gasteiger partial charge in [-0.3, -0.25) is 9.69 Å². The lowest BCUT2D eigenvalue weighted by molar-refractivity contribution is -0.114. The molecule has 0 aromatic heterocycles. The van der Waals surface area contributed by atoms with Crippen LogP contribution in [0.5, 0.6) is 0 Å². The van der Waals surface area contributed by atoms with Gasteiger partial charge in [0.2, 0.25) is 5.91 Å². The van der Waals surface area contributed by atoms with Gasteiger partial charge in [-0.25, -0.2) is 0 Å². The number of para-hydroxylation sites is 1. The topological polar surface area (TPSA) is 23.6 Å².